The van der Waals surface area contributed by atoms with Gasteiger partial charge in [0.2, 0.25) is 0 Å². The molecule has 0 spiro atoms. The number of rotatable bonds is 5. The van der Waals surface area contributed by atoms with Gasteiger partial charge in [0.1, 0.15) is 5.69 Å². The Morgan fingerprint density at radius 2 is 1.60 bits per heavy atom. The number of benzene rings is 2. The Hall–Kier alpha value is -3.08. The molecular weight excluding hydrogens is 348 g/mol. The maximum Gasteiger partial charge on any atom is 0.425 e. The molecule has 0 saturated heterocycles. The summed E-state index contributed by atoms with van der Waals surface area (Å²) in [5, 5.41) is 34.4. The van der Waals surface area contributed by atoms with Crippen LogP contribution in [0.25, 0.3) is 10.8 Å². The first-order valence-electron chi connectivity index (χ1n) is 6.91. The second-order valence-corrected chi connectivity index (χ2v) is 4.92. The summed E-state index contributed by atoms with van der Waals surface area (Å²) < 4.78 is 25.3. The van der Waals surface area contributed by atoms with Crippen LogP contribution in [-0.4, -0.2) is 38.1 Å². The minimum Gasteiger partial charge on any atom is -0.505 e. The average Bonchev–Trinajstić information content (AvgIpc) is 2.55. The van der Waals surface area contributed by atoms with E-state index in [1.807, 2.05) is 31.2 Å². The molecule has 0 unspecified atom stereocenters. The van der Waals surface area contributed by atoms with Crippen LogP contribution in [0.2, 0.25) is 0 Å². The molecule has 25 heavy (non-hydrogen) atoms. The van der Waals surface area contributed by atoms with Gasteiger partial charge in [-0.05, 0) is 18.4 Å². The lowest BCUT2D eigenvalue weighted by Gasteiger charge is -2.04. The summed E-state index contributed by atoms with van der Waals surface area (Å²) in [4.78, 5) is 0. The molecule has 2 rings (SSSR count). The Labute approximate surface area is 145 Å². The van der Waals surface area contributed by atoms with Gasteiger partial charge in [-0.15, -0.1) is 12.6 Å². The second-order valence-electron chi connectivity index (χ2n) is 4.51. The summed E-state index contributed by atoms with van der Waals surface area (Å²) in [5.74, 6) is 0.118. The van der Waals surface area contributed by atoms with Gasteiger partial charge in [0.05, 0.1) is 0 Å². The number of azo groups is 3. The van der Waals surface area contributed by atoms with Crippen LogP contribution in [0.5, 0.6) is 5.75 Å². The molecule has 0 aliphatic rings. The number of hydrogen-bond donors (Lipinski definition) is 1. The first kappa shape index (κ1) is 20.0. The third-order valence-electron chi connectivity index (χ3n) is 2.80. The van der Waals surface area contributed by atoms with Crippen molar-refractivity contribution in [3.8, 4) is 5.75 Å². The number of nitrogens with zero attached hydrogens (tertiary/aromatic N) is 6. The number of fused-ring (bicyclic) bond motifs is 1. The van der Waals surface area contributed by atoms with Crippen molar-refractivity contribution >= 4 is 27.1 Å². The van der Waals surface area contributed by atoms with Crippen molar-refractivity contribution in [2.24, 2.45) is 30.7 Å². The first-order chi connectivity index (χ1) is 12.0. The minimum absolute atomic E-state index is 0.0879. The highest BCUT2D eigenvalue weighted by atomic mass is 32.2. The lowest BCUT2D eigenvalue weighted by molar-refractivity contribution is 0.482. The van der Waals surface area contributed by atoms with Gasteiger partial charge in [-0.3, -0.25) is 0 Å². The fourth-order valence-electron chi connectivity index (χ4n) is 1.82. The molecule has 0 fully saturated rings. The SMILES string of the molecule is CN=NCN=NCN=Nc1ccc2cc(C)ccc2c1O.O=S(=O)=O. The summed E-state index contributed by atoms with van der Waals surface area (Å²) in [5.41, 5.74) is 1.55. The molecule has 0 atom stereocenters. The van der Waals surface area contributed by atoms with Crippen molar-refractivity contribution in [2.75, 3.05) is 20.4 Å². The number of phenols is 1. The van der Waals surface area contributed by atoms with Gasteiger partial charge in [0.15, 0.2) is 19.1 Å². The molecule has 0 heterocycles. The molecule has 2 aromatic carbocycles. The molecule has 0 aliphatic carbocycles. The molecule has 0 saturated carbocycles. The Balaban J connectivity index is 0.000000705. The summed E-state index contributed by atoms with van der Waals surface area (Å²) in [6.45, 7) is 2.28. The van der Waals surface area contributed by atoms with Crippen molar-refractivity contribution in [1.29, 1.82) is 0 Å². The fourth-order valence-corrected chi connectivity index (χ4v) is 1.82. The quantitative estimate of drug-likeness (QED) is 0.810. The van der Waals surface area contributed by atoms with Crippen LogP contribution in [0.1, 0.15) is 5.56 Å². The van der Waals surface area contributed by atoms with Gasteiger partial charge in [-0.2, -0.15) is 30.7 Å². The maximum absolute atomic E-state index is 10.2. The lowest BCUT2D eigenvalue weighted by atomic mass is 10.1. The van der Waals surface area contributed by atoms with Crippen molar-refractivity contribution in [2.45, 2.75) is 6.92 Å². The highest BCUT2D eigenvalue weighted by molar-refractivity contribution is 7.59. The van der Waals surface area contributed by atoms with Gasteiger partial charge in [0, 0.05) is 12.4 Å². The van der Waals surface area contributed by atoms with Crippen molar-refractivity contribution in [3.63, 3.8) is 0 Å². The maximum atomic E-state index is 10.2. The fraction of sp³-hybridized carbons (Fsp3) is 0.286. The van der Waals surface area contributed by atoms with E-state index in [0.717, 1.165) is 16.3 Å². The number of aromatic hydroxyl groups is 1. The first-order valence-corrected chi connectivity index (χ1v) is 7.91. The predicted molar refractivity (Wildman–Crippen MR) is 89.9 cm³/mol. The summed E-state index contributed by atoms with van der Waals surface area (Å²) in [7, 11) is -1.54. The van der Waals surface area contributed by atoms with Crippen LogP contribution in [-0.2, 0) is 10.6 Å². The molecule has 2 aromatic rings. The van der Waals surface area contributed by atoms with E-state index in [1.54, 1.807) is 13.1 Å². The van der Waals surface area contributed by atoms with Crippen molar-refractivity contribution < 1.29 is 17.7 Å². The zero-order chi connectivity index (χ0) is 18.7. The lowest BCUT2D eigenvalue weighted by Crippen LogP contribution is -1.78. The van der Waals surface area contributed by atoms with E-state index in [1.165, 1.54) is 0 Å². The zero-order valence-electron chi connectivity index (χ0n) is 13.6. The van der Waals surface area contributed by atoms with Crippen molar-refractivity contribution in [3.05, 3.63) is 35.9 Å². The third-order valence-corrected chi connectivity index (χ3v) is 2.80. The van der Waals surface area contributed by atoms with E-state index in [9.17, 15) is 5.11 Å². The molecule has 132 valence electrons. The van der Waals surface area contributed by atoms with Gasteiger partial charge < -0.3 is 5.11 Å². The van der Waals surface area contributed by atoms with E-state index < -0.39 is 10.6 Å². The van der Waals surface area contributed by atoms with Crippen LogP contribution in [0.15, 0.2) is 61.0 Å². The average molecular weight is 364 g/mol. The van der Waals surface area contributed by atoms with E-state index in [2.05, 4.69) is 30.7 Å². The van der Waals surface area contributed by atoms with E-state index in [-0.39, 0.29) is 19.1 Å². The van der Waals surface area contributed by atoms with E-state index in [4.69, 9.17) is 12.6 Å². The molecule has 0 aliphatic heterocycles. The molecule has 0 aromatic heterocycles. The van der Waals surface area contributed by atoms with Gasteiger partial charge in [0.25, 0.3) is 0 Å². The Morgan fingerprint density at radius 1 is 0.960 bits per heavy atom. The smallest absolute Gasteiger partial charge is 0.425 e. The third kappa shape index (κ3) is 7.35. The molecule has 0 bridgehead atoms. The Bertz CT molecular complexity index is 903. The minimum atomic E-state index is -3.11. The predicted octanol–water partition coefficient (Wildman–Crippen LogP) is 3.38. The molecular formula is C14H16N6O4S. The summed E-state index contributed by atoms with van der Waals surface area (Å²) in [6, 6.07) is 9.45. The summed E-state index contributed by atoms with van der Waals surface area (Å²) >= 11 is 0. The van der Waals surface area contributed by atoms with Crippen LogP contribution in [0, 0.1) is 6.92 Å². The molecule has 0 radical (unpaired) electrons. The summed E-state index contributed by atoms with van der Waals surface area (Å²) in [6.07, 6.45) is 0. The van der Waals surface area contributed by atoms with Crippen LogP contribution < -0.4 is 0 Å². The zero-order valence-corrected chi connectivity index (χ0v) is 14.4. The Morgan fingerprint density at radius 3 is 2.24 bits per heavy atom. The van der Waals surface area contributed by atoms with Gasteiger partial charge in [-0.25, -0.2) is 0 Å². The van der Waals surface area contributed by atoms with Crippen molar-refractivity contribution in [1.82, 2.24) is 0 Å². The van der Waals surface area contributed by atoms with Gasteiger partial charge >= 0.3 is 10.6 Å². The molecule has 11 heteroatoms. The standard InChI is InChI=1S/C14H16N6O.O3S/c1-10-3-5-12-11(7-10)4-6-13(14(12)21)20-19-9-18-17-8-16-15-2;1-4(2)3/h3-7,21H,8-9H2,1-2H3;. The molecule has 1 N–H and O–H groups in total. The highest BCUT2D eigenvalue weighted by Crippen LogP contribution is 2.35. The number of phenolic OH excluding ortho intramolecular Hbond substituents is 1. The monoisotopic (exact) mass is 364 g/mol. The van der Waals surface area contributed by atoms with Crippen LogP contribution in [0.3, 0.4) is 0 Å². The largest absolute Gasteiger partial charge is 0.505 e. The molecule has 10 nitrogen and oxygen atoms in total. The normalized spacial score (nSPS) is 11.3. The topological polar surface area (TPSA) is 146 Å². The van der Waals surface area contributed by atoms with Crippen LogP contribution >= 0.6 is 0 Å². The van der Waals surface area contributed by atoms with E-state index in [0.29, 0.717) is 5.69 Å². The molecule has 0 amide bonds. The van der Waals surface area contributed by atoms with E-state index >= 15 is 0 Å². The number of aryl methyl sites for hydroxylation is 1. The van der Waals surface area contributed by atoms with Gasteiger partial charge in [-0.1, -0.05) is 29.8 Å². The second kappa shape index (κ2) is 10.6. The van der Waals surface area contributed by atoms with Crippen LogP contribution in [0.4, 0.5) is 5.69 Å². The Kier molecular flexibility index (Phi) is 8.50. The number of hydrogen-bond acceptors (Lipinski definition) is 10. The highest BCUT2D eigenvalue weighted by Gasteiger charge is 2.05.